The van der Waals surface area contributed by atoms with Gasteiger partial charge in [0.25, 0.3) is 0 Å². The normalized spacial score (nSPS) is 22.4. The van der Waals surface area contributed by atoms with Crippen LogP contribution in [0.3, 0.4) is 0 Å². The molecule has 0 bridgehead atoms. The van der Waals surface area contributed by atoms with Gasteiger partial charge in [0, 0.05) is 25.7 Å². The van der Waals surface area contributed by atoms with E-state index in [2.05, 4.69) is 48.0 Å². The summed E-state index contributed by atoms with van der Waals surface area (Å²) in [7, 11) is 2.12. The van der Waals surface area contributed by atoms with Gasteiger partial charge in [-0.25, -0.2) is 9.97 Å². The van der Waals surface area contributed by atoms with E-state index in [4.69, 9.17) is 0 Å². The van der Waals surface area contributed by atoms with Gasteiger partial charge in [-0.05, 0) is 32.1 Å². The van der Waals surface area contributed by atoms with Gasteiger partial charge in [-0.15, -0.1) is 0 Å². The first-order valence-corrected chi connectivity index (χ1v) is 6.40. The Hall–Kier alpha value is -1.32. The lowest BCUT2D eigenvalue weighted by molar-refractivity contribution is 0.717. The maximum atomic E-state index is 4.40. The molecular formula is C13H22N4. The molecule has 1 saturated carbocycles. The maximum Gasteiger partial charge on any atom is 0.136 e. The van der Waals surface area contributed by atoms with Crippen molar-refractivity contribution in [2.24, 2.45) is 11.8 Å². The zero-order valence-corrected chi connectivity index (χ0v) is 11.2. The summed E-state index contributed by atoms with van der Waals surface area (Å²) in [5.41, 5.74) is 1.14. The van der Waals surface area contributed by atoms with Crippen LogP contribution >= 0.6 is 0 Å². The molecule has 0 aliphatic heterocycles. The summed E-state index contributed by atoms with van der Waals surface area (Å²) >= 11 is 0. The van der Waals surface area contributed by atoms with Gasteiger partial charge in [0.1, 0.15) is 18.0 Å². The molecule has 2 rings (SSSR count). The van der Waals surface area contributed by atoms with Crippen molar-refractivity contribution in [1.29, 1.82) is 0 Å². The van der Waals surface area contributed by atoms with Crippen molar-refractivity contribution < 1.29 is 0 Å². The third kappa shape index (κ3) is 2.68. The predicted molar refractivity (Wildman–Crippen MR) is 71.5 cm³/mol. The van der Waals surface area contributed by atoms with Crippen molar-refractivity contribution in [3.05, 3.63) is 11.9 Å². The molecule has 2 unspecified atom stereocenters. The van der Waals surface area contributed by atoms with E-state index < -0.39 is 0 Å². The number of rotatable bonds is 5. The second-order valence-electron chi connectivity index (χ2n) is 5.05. The van der Waals surface area contributed by atoms with E-state index in [-0.39, 0.29) is 0 Å². The minimum absolute atomic E-state index is 0.844. The number of aromatic nitrogens is 2. The highest BCUT2D eigenvalue weighted by Crippen LogP contribution is 2.38. The van der Waals surface area contributed by atoms with Crippen LogP contribution in [0.4, 0.5) is 11.6 Å². The topological polar surface area (TPSA) is 41.1 Å². The summed E-state index contributed by atoms with van der Waals surface area (Å²) in [5.74, 6) is 3.73. The quantitative estimate of drug-likeness (QED) is 0.849. The van der Waals surface area contributed by atoms with Gasteiger partial charge in [0.15, 0.2) is 0 Å². The Labute approximate surface area is 103 Å². The van der Waals surface area contributed by atoms with Gasteiger partial charge in [0.2, 0.25) is 0 Å². The Morgan fingerprint density at radius 2 is 2.18 bits per heavy atom. The lowest BCUT2D eigenvalue weighted by atomic mass is 10.2. The molecular weight excluding hydrogens is 212 g/mol. The molecule has 94 valence electrons. The summed E-state index contributed by atoms with van der Waals surface area (Å²) in [6.45, 7) is 8.47. The van der Waals surface area contributed by atoms with E-state index >= 15 is 0 Å². The fourth-order valence-corrected chi connectivity index (χ4v) is 2.26. The lowest BCUT2D eigenvalue weighted by Gasteiger charge is -2.21. The first-order chi connectivity index (χ1) is 8.13. The molecule has 0 amide bonds. The molecule has 1 N–H and O–H groups in total. The highest BCUT2D eigenvalue weighted by atomic mass is 15.2. The van der Waals surface area contributed by atoms with E-state index in [0.29, 0.717) is 0 Å². The molecule has 1 aliphatic carbocycles. The summed E-state index contributed by atoms with van der Waals surface area (Å²) < 4.78 is 0. The van der Waals surface area contributed by atoms with Gasteiger partial charge in [0.05, 0.1) is 0 Å². The van der Waals surface area contributed by atoms with Crippen LogP contribution in [0.25, 0.3) is 0 Å². The Morgan fingerprint density at radius 1 is 1.47 bits per heavy atom. The zero-order chi connectivity index (χ0) is 12.4. The molecule has 0 saturated heterocycles. The monoisotopic (exact) mass is 234 g/mol. The highest BCUT2D eigenvalue weighted by Gasteiger charge is 2.33. The maximum absolute atomic E-state index is 4.40. The van der Waals surface area contributed by atoms with E-state index in [1.165, 1.54) is 6.42 Å². The second kappa shape index (κ2) is 4.90. The van der Waals surface area contributed by atoms with Crippen LogP contribution in [0.5, 0.6) is 0 Å². The number of nitrogens with one attached hydrogen (secondary N) is 1. The number of hydrogen-bond donors (Lipinski definition) is 1. The Balaban J connectivity index is 2.10. The van der Waals surface area contributed by atoms with Crippen LogP contribution in [0.2, 0.25) is 0 Å². The fourth-order valence-electron chi connectivity index (χ4n) is 2.26. The van der Waals surface area contributed by atoms with Crippen LogP contribution < -0.4 is 10.2 Å². The van der Waals surface area contributed by atoms with Crippen LogP contribution in [-0.4, -0.2) is 30.1 Å². The van der Waals surface area contributed by atoms with Crippen molar-refractivity contribution >= 4 is 11.6 Å². The van der Waals surface area contributed by atoms with Gasteiger partial charge in [-0.1, -0.05) is 6.92 Å². The molecule has 2 atom stereocenters. The molecule has 1 heterocycles. The molecule has 0 aromatic carbocycles. The fraction of sp³-hybridized carbons (Fsp3) is 0.692. The molecule has 1 aliphatic rings. The van der Waals surface area contributed by atoms with E-state index in [9.17, 15) is 0 Å². The van der Waals surface area contributed by atoms with Crippen molar-refractivity contribution in [1.82, 2.24) is 9.97 Å². The molecule has 1 aromatic rings. The minimum Gasteiger partial charge on any atom is -0.370 e. The van der Waals surface area contributed by atoms with Gasteiger partial charge in [-0.2, -0.15) is 0 Å². The third-order valence-electron chi connectivity index (χ3n) is 3.55. The molecule has 17 heavy (non-hydrogen) atoms. The van der Waals surface area contributed by atoms with Crippen molar-refractivity contribution in [2.75, 3.05) is 30.4 Å². The zero-order valence-electron chi connectivity index (χ0n) is 11.2. The minimum atomic E-state index is 0.844. The Bertz CT molecular complexity index is 391. The summed E-state index contributed by atoms with van der Waals surface area (Å²) in [6.07, 6.45) is 3.00. The molecule has 1 fully saturated rings. The number of nitrogens with zero attached hydrogens (tertiary/aromatic N) is 3. The molecule has 0 radical (unpaired) electrons. The van der Waals surface area contributed by atoms with Gasteiger partial charge in [-0.3, -0.25) is 0 Å². The van der Waals surface area contributed by atoms with Crippen LogP contribution in [0.1, 0.15) is 25.8 Å². The largest absolute Gasteiger partial charge is 0.370 e. The average Bonchev–Trinajstić information content (AvgIpc) is 2.97. The Morgan fingerprint density at radius 3 is 2.76 bits per heavy atom. The van der Waals surface area contributed by atoms with Gasteiger partial charge >= 0.3 is 0 Å². The predicted octanol–water partition coefficient (Wildman–Crippen LogP) is 2.31. The SMILES string of the molecule is CCNc1ncnc(N(C)CC2CC2C)c1C. The Kier molecular flexibility index (Phi) is 3.50. The second-order valence-corrected chi connectivity index (χ2v) is 5.05. The highest BCUT2D eigenvalue weighted by molar-refractivity contribution is 5.57. The lowest BCUT2D eigenvalue weighted by Crippen LogP contribution is -2.23. The molecule has 0 spiro atoms. The van der Waals surface area contributed by atoms with Crippen LogP contribution in [0, 0.1) is 18.8 Å². The summed E-state index contributed by atoms with van der Waals surface area (Å²) in [5, 5.41) is 3.27. The van der Waals surface area contributed by atoms with Crippen LogP contribution in [-0.2, 0) is 0 Å². The van der Waals surface area contributed by atoms with Gasteiger partial charge < -0.3 is 10.2 Å². The van der Waals surface area contributed by atoms with Crippen molar-refractivity contribution in [3.8, 4) is 0 Å². The number of anilines is 2. The standard InChI is InChI=1S/C13H22N4/c1-5-14-12-10(3)13(16-8-15-12)17(4)7-11-6-9(11)2/h8-9,11H,5-7H2,1-4H3,(H,14,15,16). The summed E-state index contributed by atoms with van der Waals surface area (Å²) in [4.78, 5) is 10.9. The summed E-state index contributed by atoms with van der Waals surface area (Å²) in [6, 6.07) is 0. The molecule has 4 nitrogen and oxygen atoms in total. The average molecular weight is 234 g/mol. The third-order valence-corrected chi connectivity index (χ3v) is 3.55. The van der Waals surface area contributed by atoms with Crippen molar-refractivity contribution in [3.63, 3.8) is 0 Å². The van der Waals surface area contributed by atoms with Crippen LogP contribution in [0.15, 0.2) is 6.33 Å². The van der Waals surface area contributed by atoms with E-state index in [1.54, 1.807) is 6.33 Å². The number of hydrogen-bond acceptors (Lipinski definition) is 4. The van der Waals surface area contributed by atoms with Crippen molar-refractivity contribution in [2.45, 2.75) is 27.2 Å². The smallest absolute Gasteiger partial charge is 0.136 e. The van der Waals surface area contributed by atoms with E-state index in [0.717, 1.165) is 42.1 Å². The van der Waals surface area contributed by atoms with E-state index in [1.807, 2.05) is 0 Å². The molecule has 1 aromatic heterocycles. The molecule has 4 heteroatoms. The first-order valence-electron chi connectivity index (χ1n) is 6.40. The first kappa shape index (κ1) is 12.1.